The molecule has 0 saturated heterocycles. The maximum atomic E-state index is 13.6. The molecule has 4 heterocycles. The van der Waals surface area contributed by atoms with Crippen LogP contribution in [-0.2, 0) is 5.41 Å². The van der Waals surface area contributed by atoms with Crippen LogP contribution in [0.5, 0.6) is 0 Å². The lowest BCUT2D eigenvalue weighted by molar-refractivity contribution is 0.262. The van der Waals surface area contributed by atoms with E-state index < -0.39 is 6.03 Å². The van der Waals surface area contributed by atoms with E-state index in [0.717, 1.165) is 11.1 Å². The van der Waals surface area contributed by atoms with Gasteiger partial charge in [0.15, 0.2) is 0 Å². The molecule has 4 aromatic heterocycles. The Hall–Kier alpha value is -5.57. The van der Waals surface area contributed by atoms with E-state index in [0.29, 0.717) is 39.9 Å². The zero-order chi connectivity index (χ0) is 30.9. The van der Waals surface area contributed by atoms with E-state index in [-0.39, 0.29) is 22.7 Å². The average Bonchev–Trinajstić information content (AvgIpc) is 3.40. The Morgan fingerprint density at radius 1 is 1.02 bits per heavy atom. The highest BCUT2D eigenvalue weighted by Crippen LogP contribution is 2.28. The molecule has 5 rings (SSSR count). The largest absolute Gasteiger partial charge is 0.357 e. The van der Waals surface area contributed by atoms with Crippen molar-refractivity contribution in [3.8, 4) is 22.9 Å². The smallest absolute Gasteiger partial charge is 0.324 e. The number of hydrogen-bond donors (Lipinski definition) is 3. The minimum Gasteiger partial charge on any atom is -0.357 e. The Morgan fingerprint density at radius 2 is 1.81 bits per heavy atom. The summed E-state index contributed by atoms with van der Waals surface area (Å²) in [6.07, 6.45) is 3.21. The minimum atomic E-state index is -0.494. The second-order valence-electron chi connectivity index (χ2n) is 11.3. The predicted octanol–water partition coefficient (Wildman–Crippen LogP) is 5.47. The number of benzene rings is 1. The van der Waals surface area contributed by atoms with Crippen LogP contribution in [0.2, 0.25) is 0 Å². The lowest BCUT2D eigenvalue weighted by Crippen LogP contribution is -2.25. The molecule has 1 aromatic carbocycles. The summed E-state index contributed by atoms with van der Waals surface area (Å²) in [4.78, 5) is 39.8. The summed E-state index contributed by atoms with van der Waals surface area (Å²) >= 11 is 0. The molecule has 0 unspecified atom stereocenters. The molecule has 2 amide bonds. The molecule has 218 valence electrons. The fourth-order valence-corrected chi connectivity index (χ4v) is 4.58. The second kappa shape index (κ2) is 11.4. The van der Waals surface area contributed by atoms with Gasteiger partial charge in [-0.25, -0.2) is 19.4 Å². The predicted molar refractivity (Wildman–Crippen MR) is 167 cm³/mol. The van der Waals surface area contributed by atoms with Crippen molar-refractivity contribution in [2.45, 2.75) is 46.1 Å². The first-order valence-corrected chi connectivity index (χ1v) is 13.7. The van der Waals surface area contributed by atoms with Crippen molar-refractivity contribution in [3.05, 3.63) is 82.7 Å². The molecule has 0 aliphatic heterocycles. The summed E-state index contributed by atoms with van der Waals surface area (Å²) in [7, 11) is 1.73. The monoisotopic (exact) mass is 576 g/mol. The van der Waals surface area contributed by atoms with Gasteiger partial charge in [0.2, 0.25) is 5.95 Å². The molecule has 0 aliphatic rings. The molecule has 0 atom stereocenters. The van der Waals surface area contributed by atoms with Crippen molar-refractivity contribution in [1.29, 1.82) is 5.26 Å². The summed E-state index contributed by atoms with van der Waals surface area (Å²) < 4.78 is 3.22. The van der Waals surface area contributed by atoms with Gasteiger partial charge in [0.25, 0.3) is 5.56 Å². The van der Waals surface area contributed by atoms with Crippen LogP contribution in [0, 0.1) is 11.3 Å². The van der Waals surface area contributed by atoms with Crippen molar-refractivity contribution < 1.29 is 4.79 Å². The minimum absolute atomic E-state index is 0.143. The second-order valence-corrected chi connectivity index (χ2v) is 11.3. The van der Waals surface area contributed by atoms with Gasteiger partial charge in [0.05, 0.1) is 17.6 Å². The van der Waals surface area contributed by atoms with Crippen molar-refractivity contribution in [2.75, 3.05) is 23.0 Å². The Balaban J connectivity index is 1.46. The third-order valence-electron chi connectivity index (χ3n) is 6.77. The lowest BCUT2D eigenvalue weighted by atomic mass is 9.92. The molecule has 5 aromatic rings. The average molecular weight is 577 g/mol. The first-order valence-electron chi connectivity index (χ1n) is 13.7. The summed E-state index contributed by atoms with van der Waals surface area (Å²) in [5.74, 6) is 0.859. The Morgan fingerprint density at radius 3 is 2.47 bits per heavy atom. The summed E-state index contributed by atoms with van der Waals surface area (Å²) in [5, 5.41) is 23.2. The third-order valence-corrected chi connectivity index (χ3v) is 6.77. The topological polar surface area (TPSA) is 155 Å². The van der Waals surface area contributed by atoms with E-state index in [1.807, 2.05) is 46.8 Å². The highest BCUT2D eigenvalue weighted by atomic mass is 16.2. The normalized spacial score (nSPS) is 11.4. The fourth-order valence-electron chi connectivity index (χ4n) is 4.58. The first-order chi connectivity index (χ1) is 20.5. The van der Waals surface area contributed by atoms with E-state index in [2.05, 4.69) is 36.0 Å². The van der Waals surface area contributed by atoms with Crippen LogP contribution in [0.15, 0.2) is 65.7 Å². The maximum absolute atomic E-state index is 13.6. The van der Waals surface area contributed by atoms with Crippen molar-refractivity contribution in [3.63, 3.8) is 0 Å². The molecule has 43 heavy (non-hydrogen) atoms. The van der Waals surface area contributed by atoms with E-state index in [1.165, 1.54) is 6.20 Å². The molecule has 0 radical (unpaired) electrons. The highest BCUT2D eigenvalue weighted by molar-refractivity contribution is 6.00. The number of anilines is 3. The molecule has 12 heteroatoms. The zero-order valence-electron chi connectivity index (χ0n) is 24.8. The summed E-state index contributed by atoms with van der Waals surface area (Å²) in [5.41, 5.74) is 3.30. The van der Waals surface area contributed by atoms with Gasteiger partial charge in [-0.3, -0.25) is 14.7 Å². The molecule has 3 N–H and O–H groups in total. The van der Waals surface area contributed by atoms with Crippen molar-refractivity contribution in [2.24, 2.45) is 0 Å². The van der Waals surface area contributed by atoms with Gasteiger partial charge in [-0.05, 0) is 49.7 Å². The number of rotatable bonds is 6. The van der Waals surface area contributed by atoms with Crippen LogP contribution >= 0.6 is 0 Å². The van der Waals surface area contributed by atoms with Crippen LogP contribution in [0.1, 0.15) is 52.0 Å². The number of aromatic nitrogens is 6. The molecule has 0 bridgehead atoms. The number of nitriles is 1. The molecule has 0 aliphatic carbocycles. The van der Waals surface area contributed by atoms with E-state index in [4.69, 9.17) is 5.26 Å². The summed E-state index contributed by atoms with van der Waals surface area (Å²) in [6, 6.07) is 15.3. The van der Waals surface area contributed by atoms with Crippen LogP contribution < -0.4 is 21.5 Å². The van der Waals surface area contributed by atoms with Crippen LogP contribution in [0.4, 0.5) is 22.2 Å². The molecule has 12 nitrogen and oxygen atoms in total. The number of carbonyl (C=O) groups excluding carboxylic acids is 1. The number of amides is 2. The van der Waals surface area contributed by atoms with Gasteiger partial charge in [-0.2, -0.15) is 15.3 Å². The van der Waals surface area contributed by atoms with Crippen molar-refractivity contribution >= 4 is 34.5 Å². The number of nitrogens with one attached hydrogen (secondary N) is 3. The number of pyridine rings is 2. The molecule has 0 fully saturated rings. The first kappa shape index (κ1) is 28.9. The molecule has 0 saturated carbocycles. The Bertz CT molecular complexity index is 1930. The van der Waals surface area contributed by atoms with Crippen LogP contribution in [0.25, 0.3) is 27.8 Å². The molecular weight excluding hydrogens is 544 g/mol. The highest BCUT2D eigenvalue weighted by Gasteiger charge is 2.22. The number of urea groups is 1. The van der Waals surface area contributed by atoms with E-state index in [9.17, 15) is 9.59 Å². The number of carbonyl (C=O) groups is 1. The van der Waals surface area contributed by atoms with Gasteiger partial charge in [-0.15, -0.1) is 0 Å². The Kier molecular flexibility index (Phi) is 7.65. The van der Waals surface area contributed by atoms with E-state index in [1.54, 1.807) is 65.0 Å². The summed E-state index contributed by atoms with van der Waals surface area (Å²) in [6.45, 7) is 9.93. The SMILES string of the molecule is CNc1ncc2cc(-c3cccc(NC(=O)Nc4cc(C(C)(C)C)nn4-c4ccc(C#N)nc4)c3)c(=O)n(C(C)C)c2n1. The standard InChI is InChI=1S/C31H32N10O2/c1-18(2)40-27-20(16-35-29(33-6)38-27)13-24(28(40)42)19-8-7-9-21(12-19)36-30(43)37-26-14-25(31(3,4)5)39-41(26)23-11-10-22(15-32)34-17-23/h7-14,16-18H,1-6H3,(H,33,35,38)(H2,36,37,43). The maximum Gasteiger partial charge on any atom is 0.324 e. The Labute approximate surface area is 248 Å². The van der Waals surface area contributed by atoms with Gasteiger partial charge in [-0.1, -0.05) is 32.9 Å². The number of nitrogens with zero attached hydrogens (tertiary/aromatic N) is 7. The van der Waals surface area contributed by atoms with Gasteiger partial charge < -0.3 is 10.6 Å². The van der Waals surface area contributed by atoms with Crippen LogP contribution in [-0.4, -0.2) is 42.4 Å². The molecular formula is C31H32N10O2. The fraction of sp³-hybridized carbons (Fsp3) is 0.258. The van der Waals surface area contributed by atoms with Gasteiger partial charge >= 0.3 is 6.03 Å². The van der Waals surface area contributed by atoms with Crippen LogP contribution in [0.3, 0.4) is 0 Å². The van der Waals surface area contributed by atoms with E-state index >= 15 is 0 Å². The zero-order valence-corrected chi connectivity index (χ0v) is 24.8. The third kappa shape index (κ3) is 5.92. The quantitative estimate of drug-likeness (QED) is 0.240. The van der Waals surface area contributed by atoms with Gasteiger partial charge in [0.1, 0.15) is 23.2 Å². The molecule has 0 spiro atoms. The lowest BCUT2D eigenvalue weighted by Gasteiger charge is -2.16. The van der Waals surface area contributed by atoms with Gasteiger partial charge in [0, 0.05) is 47.4 Å². The van der Waals surface area contributed by atoms with Crippen molar-refractivity contribution in [1.82, 2.24) is 29.3 Å². The number of hydrogen-bond acceptors (Lipinski definition) is 8. The number of fused-ring (bicyclic) bond motifs is 1.